The molecule has 21 heavy (non-hydrogen) atoms. The Kier molecular flexibility index (Phi) is 8.30. The van der Waals surface area contributed by atoms with Crippen LogP contribution in [-0.2, 0) is 16.0 Å². The molecule has 0 fully saturated rings. The van der Waals surface area contributed by atoms with Crippen molar-refractivity contribution in [2.45, 2.75) is 45.2 Å². The molecule has 6 heteroatoms. The predicted octanol–water partition coefficient (Wildman–Crippen LogP) is 2.29. The van der Waals surface area contributed by atoms with Crippen LogP contribution in [-0.4, -0.2) is 41.9 Å². The quantitative estimate of drug-likeness (QED) is 0.431. The van der Waals surface area contributed by atoms with Gasteiger partial charge in [-0.05, 0) is 45.4 Å². The number of aryl methyl sites for hydroxylation is 2. The molecule has 0 unspecified atom stereocenters. The highest BCUT2D eigenvalue weighted by Gasteiger charge is 2.10. The Hall–Kier alpha value is -1.14. The van der Waals surface area contributed by atoms with Crippen LogP contribution in [0.2, 0.25) is 0 Å². The maximum Gasteiger partial charge on any atom is 0.220 e. The second-order valence-corrected chi connectivity index (χ2v) is 5.53. The van der Waals surface area contributed by atoms with E-state index in [9.17, 15) is 4.79 Å². The van der Waals surface area contributed by atoms with Crippen LogP contribution in [0.4, 0.5) is 0 Å². The van der Waals surface area contributed by atoms with Gasteiger partial charge in [-0.2, -0.15) is 0 Å². The van der Waals surface area contributed by atoms with Crippen molar-refractivity contribution in [1.82, 2.24) is 15.3 Å². The summed E-state index contributed by atoms with van der Waals surface area (Å²) in [4.78, 5) is 20.7. The van der Waals surface area contributed by atoms with Gasteiger partial charge >= 0.3 is 0 Å². The van der Waals surface area contributed by atoms with Crippen LogP contribution in [0.15, 0.2) is 5.16 Å². The largest absolute Gasteiger partial charge is 0.382 e. The molecular weight excluding hydrogens is 286 g/mol. The Labute approximate surface area is 131 Å². The Morgan fingerprint density at radius 2 is 1.95 bits per heavy atom. The van der Waals surface area contributed by atoms with E-state index >= 15 is 0 Å². The smallest absolute Gasteiger partial charge is 0.220 e. The Morgan fingerprint density at radius 1 is 1.29 bits per heavy atom. The molecule has 0 radical (unpaired) electrons. The fraction of sp³-hybridized carbons (Fsp3) is 0.667. The van der Waals surface area contributed by atoms with Gasteiger partial charge in [-0.1, -0.05) is 11.8 Å². The number of rotatable bonds is 9. The van der Waals surface area contributed by atoms with Gasteiger partial charge in [-0.3, -0.25) is 4.79 Å². The summed E-state index contributed by atoms with van der Waals surface area (Å²) in [7, 11) is 0. The fourth-order valence-corrected chi connectivity index (χ4v) is 2.49. The first-order chi connectivity index (χ1) is 10.1. The van der Waals surface area contributed by atoms with Crippen molar-refractivity contribution in [2.75, 3.05) is 26.0 Å². The lowest BCUT2D eigenvalue weighted by Crippen LogP contribution is -2.25. The first-order valence-corrected chi connectivity index (χ1v) is 8.53. The molecule has 0 saturated heterocycles. The molecule has 118 valence electrons. The molecule has 0 atom stereocenters. The van der Waals surface area contributed by atoms with Crippen molar-refractivity contribution in [3.05, 3.63) is 17.0 Å². The molecule has 1 heterocycles. The fourth-order valence-electron chi connectivity index (χ4n) is 2.04. The van der Waals surface area contributed by atoms with Gasteiger partial charge in [0.05, 0.1) is 0 Å². The van der Waals surface area contributed by atoms with Gasteiger partial charge in [0.15, 0.2) is 5.16 Å². The Bertz CT molecular complexity index is 443. The molecule has 1 aromatic heterocycles. The van der Waals surface area contributed by atoms with Crippen LogP contribution in [0.25, 0.3) is 0 Å². The minimum absolute atomic E-state index is 0.0687. The van der Waals surface area contributed by atoms with E-state index in [2.05, 4.69) is 15.3 Å². The van der Waals surface area contributed by atoms with Gasteiger partial charge in [-0.25, -0.2) is 9.97 Å². The number of aromatic nitrogens is 2. The lowest BCUT2D eigenvalue weighted by molar-refractivity contribution is -0.121. The summed E-state index contributed by atoms with van der Waals surface area (Å²) < 4.78 is 5.23. The summed E-state index contributed by atoms with van der Waals surface area (Å²) in [5.74, 6) is 0.0687. The van der Waals surface area contributed by atoms with Crippen LogP contribution in [0.1, 0.15) is 36.7 Å². The van der Waals surface area contributed by atoms with Gasteiger partial charge in [0.1, 0.15) is 0 Å². The zero-order valence-electron chi connectivity index (χ0n) is 13.4. The molecule has 0 aliphatic carbocycles. The van der Waals surface area contributed by atoms with Crippen molar-refractivity contribution >= 4 is 17.7 Å². The average Bonchev–Trinajstić information content (AvgIpc) is 2.45. The monoisotopic (exact) mass is 311 g/mol. The number of hydrogen-bond donors (Lipinski definition) is 1. The predicted molar refractivity (Wildman–Crippen MR) is 85.7 cm³/mol. The number of hydrogen-bond acceptors (Lipinski definition) is 5. The SMILES string of the molecule is CCOCCCNC(=O)CCc1c(C)nc(SC)nc1C. The topological polar surface area (TPSA) is 64.1 Å². The molecular formula is C15H25N3O2S. The lowest BCUT2D eigenvalue weighted by atomic mass is 10.1. The maximum atomic E-state index is 11.8. The van der Waals surface area contributed by atoms with Crippen LogP contribution in [0, 0.1) is 13.8 Å². The van der Waals surface area contributed by atoms with Gasteiger partial charge in [0, 0.05) is 37.6 Å². The Morgan fingerprint density at radius 3 is 2.52 bits per heavy atom. The highest BCUT2D eigenvalue weighted by atomic mass is 32.2. The molecule has 0 saturated carbocycles. The highest BCUT2D eigenvalue weighted by molar-refractivity contribution is 7.98. The second-order valence-electron chi connectivity index (χ2n) is 4.76. The van der Waals surface area contributed by atoms with Crippen LogP contribution < -0.4 is 5.32 Å². The number of carbonyl (C=O) groups excluding carboxylic acids is 1. The van der Waals surface area contributed by atoms with Gasteiger partial charge < -0.3 is 10.1 Å². The number of nitrogens with one attached hydrogen (secondary N) is 1. The van der Waals surface area contributed by atoms with Crippen LogP contribution in [0.3, 0.4) is 0 Å². The number of thioether (sulfide) groups is 1. The molecule has 1 N–H and O–H groups in total. The minimum atomic E-state index is 0.0687. The zero-order valence-corrected chi connectivity index (χ0v) is 14.2. The molecule has 1 rings (SSSR count). The van der Waals surface area contributed by atoms with Crippen molar-refractivity contribution in [3.63, 3.8) is 0 Å². The summed E-state index contributed by atoms with van der Waals surface area (Å²) in [6, 6.07) is 0. The summed E-state index contributed by atoms with van der Waals surface area (Å²) in [5.41, 5.74) is 3.02. The van der Waals surface area contributed by atoms with Crippen LogP contribution >= 0.6 is 11.8 Å². The Balaban J connectivity index is 2.39. The van der Waals surface area contributed by atoms with E-state index in [1.54, 1.807) is 0 Å². The van der Waals surface area contributed by atoms with E-state index in [1.807, 2.05) is 27.0 Å². The third kappa shape index (κ3) is 6.44. The van der Waals surface area contributed by atoms with Crippen molar-refractivity contribution < 1.29 is 9.53 Å². The third-order valence-electron chi connectivity index (χ3n) is 3.18. The first kappa shape index (κ1) is 17.9. The van der Waals surface area contributed by atoms with Gasteiger partial charge in [0.2, 0.25) is 5.91 Å². The molecule has 0 aliphatic rings. The summed E-state index contributed by atoms with van der Waals surface area (Å²) in [6.45, 7) is 8.00. The van der Waals surface area contributed by atoms with Crippen LogP contribution in [0.5, 0.6) is 0 Å². The molecule has 0 bridgehead atoms. The third-order valence-corrected chi connectivity index (χ3v) is 3.72. The van der Waals surface area contributed by atoms with Gasteiger partial charge in [0.25, 0.3) is 0 Å². The van der Waals surface area contributed by atoms with E-state index in [0.29, 0.717) is 26.0 Å². The number of amides is 1. The van der Waals surface area contributed by atoms with E-state index < -0.39 is 0 Å². The first-order valence-electron chi connectivity index (χ1n) is 7.31. The lowest BCUT2D eigenvalue weighted by Gasteiger charge is -2.10. The maximum absolute atomic E-state index is 11.8. The van der Waals surface area contributed by atoms with Crippen molar-refractivity contribution in [1.29, 1.82) is 0 Å². The highest BCUT2D eigenvalue weighted by Crippen LogP contribution is 2.16. The normalized spacial score (nSPS) is 10.7. The average molecular weight is 311 g/mol. The van der Waals surface area contributed by atoms with Crippen molar-refractivity contribution in [3.8, 4) is 0 Å². The summed E-state index contributed by atoms with van der Waals surface area (Å²) in [6.07, 6.45) is 3.97. The molecule has 0 spiro atoms. The van der Waals surface area contributed by atoms with E-state index in [4.69, 9.17) is 4.74 Å². The molecule has 1 aromatic rings. The van der Waals surface area contributed by atoms with Gasteiger partial charge in [-0.15, -0.1) is 0 Å². The number of nitrogens with zero attached hydrogens (tertiary/aromatic N) is 2. The van der Waals surface area contributed by atoms with Crippen molar-refractivity contribution in [2.24, 2.45) is 0 Å². The zero-order chi connectivity index (χ0) is 15.7. The molecule has 0 aromatic carbocycles. The molecule has 0 aliphatic heterocycles. The van der Waals surface area contributed by atoms with E-state index in [1.165, 1.54) is 11.8 Å². The molecule has 1 amide bonds. The number of carbonyl (C=O) groups is 1. The summed E-state index contributed by atoms with van der Waals surface area (Å²) >= 11 is 1.53. The second kappa shape index (κ2) is 9.73. The van der Waals surface area contributed by atoms with E-state index in [0.717, 1.165) is 35.1 Å². The standard InChI is InChI=1S/C15H25N3O2S/c1-5-20-10-6-9-16-14(19)8-7-13-11(2)17-15(21-4)18-12(13)3/h5-10H2,1-4H3,(H,16,19). The number of ether oxygens (including phenoxy) is 1. The molecule has 5 nitrogen and oxygen atoms in total. The minimum Gasteiger partial charge on any atom is -0.382 e. The summed E-state index contributed by atoms with van der Waals surface area (Å²) in [5, 5.41) is 3.70. The van der Waals surface area contributed by atoms with E-state index in [-0.39, 0.29) is 5.91 Å².